The van der Waals surface area contributed by atoms with Crippen LogP contribution in [0, 0.1) is 0 Å². The Labute approximate surface area is 158 Å². The molecule has 0 aliphatic carbocycles. The fourth-order valence-electron chi connectivity index (χ4n) is 2.82. The van der Waals surface area contributed by atoms with E-state index in [9.17, 15) is 0 Å². The lowest BCUT2D eigenvalue weighted by molar-refractivity contribution is 1.09. The summed E-state index contributed by atoms with van der Waals surface area (Å²) in [6.45, 7) is 0. The first-order chi connectivity index (χ1) is 13.3. The Morgan fingerprint density at radius 2 is 1.19 bits per heavy atom. The lowest BCUT2D eigenvalue weighted by Gasteiger charge is -2.23. The number of nitrogen functional groups attached to an aromatic ring is 1. The van der Waals surface area contributed by atoms with Crippen LogP contribution < -0.4 is 16.0 Å². The molecule has 0 atom stereocenters. The quantitative estimate of drug-likeness (QED) is 0.511. The first kappa shape index (κ1) is 16.6. The van der Waals surface area contributed by atoms with E-state index in [1.807, 2.05) is 95.9 Å². The normalized spacial score (nSPS) is 10.4. The van der Waals surface area contributed by atoms with E-state index in [1.165, 1.54) is 0 Å². The molecule has 0 saturated carbocycles. The van der Waals surface area contributed by atoms with E-state index in [4.69, 9.17) is 10.7 Å². The van der Waals surface area contributed by atoms with Crippen LogP contribution in [0.15, 0.2) is 97.1 Å². The third kappa shape index (κ3) is 3.88. The van der Waals surface area contributed by atoms with Gasteiger partial charge in [-0.1, -0.05) is 54.6 Å². The topological polar surface area (TPSA) is 67.1 Å². The standard InChI is InChI=1S/C22H19N5/c23-20-16-21(24-17-10-4-1-5-11-17)26-22(25-20)27(18-12-6-2-7-13-18)19-14-8-3-9-15-19/h1-16H,(H3,23,24,25,26). The maximum absolute atomic E-state index is 6.09. The van der Waals surface area contributed by atoms with E-state index >= 15 is 0 Å². The highest BCUT2D eigenvalue weighted by Crippen LogP contribution is 2.33. The van der Waals surface area contributed by atoms with Crippen LogP contribution in [-0.4, -0.2) is 9.97 Å². The average molecular weight is 353 g/mol. The van der Waals surface area contributed by atoms with Crippen molar-refractivity contribution in [3.63, 3.8) is 0 Å². The molecular weight excluding hydrogens is 334 g/mol. The maximum atomic E-state index is 6.09. The van der Waals surface area contributed by atoms with Crippen molar-refractivity contribution in [3.8, 4) is 0 Å². The Bertz CT molecular complexity index is 965. The van der Waals surface area contributed by atoms with Crippen LogP contribution >= 0.6 is 0 Å². The second kappa shape index (κ2) is 7.58. The number of hydrogen-bond acceptors (Lipinski definition) is 5. The summed E-state index contributed by atoms with van der Waals surface area (Å²) >= 11 is 0. The molecule has 4 aromatic rings. The number of rotatable bonds is 5. The molecule has 4 rings (SSSR count). The summed E-state index contributed by atoms with van der Waals surface area (Å²) in [5, 5.41) is 3.29. The Kier molecular flexibility index (Phi) is 4.66. The van der Waals surface area contributed by atoms with Crippen molar-refractivity contribution < 1.29 is 0 Å². The summed E-state index contributed by atoms with van der Waals surface area (Å²) in [4.78, 5) is 11.2. The number of aromatic nitrogens is 2. The Hall–Kier alpha value is -3.86. The number of benzene rings is 3. The predicted octanol–water partition coefficient (Wildman–Crippen LogP) is 5.27. The van der Waals surface area contributed by atoms with Crippen molar-refractivity contribution in [1.29, 1.82) is 0 Å². The molecule has 1 heterocycles. The van der Waals surface area contributed by atoms with Gasteiger partial charge in [0.1, 0.15) is 11.6 Å². The molecule has 0 fully saturated rings. The van der Waals surface area contributed by atoms with E-state index in [0.717, 1.165) is 17.1 Å². The number of nitrogens with one attached hydrogen (secondary N) is 1. The largest absolute Gasteiger partial charge is 0.383 e. The van der Waals surface area contributed by atoms with Gasteiger partial charge >= 0.3 is 0 Å². The summed E-state index contributed by atoms with van der Waals surface area (Å²) in [5.41, 5.74) is 8.94. The van der Waals surface area contributed by atoms with Crippen molar-refractivity contribution in [2.75, 3.05) is 16.0 Å². The highest BCUT2D eigenvalue weighted by Gasteiger charge is 2.16. The molecule has 5 heteroatoms. The van der Waals surface area contributed by atoms with E-state index in [1.54, 1.807) is 6.07 Å². The summed E-state index contributed by atoms with van der Waals surface area (Å²) in [7, 11) is 0. The summed E-state index contributed by atoms with van der Waals surface area (Å²) in [6.07, 6.45) is 0. The van der Waals surface area contributed by atoms with Gasteiger partial charge in [0.25, 0.3) is 0 Å². The Morgan fingerprint density at radius 3 is 1.74 bits per heavy atom. The van der Waals surface area contributed by atoms with Crippen molar-refractivity contribution in [1.82, 2.24) is 9.97 Å². The second-order valence-corrected chi connectivity index (χ2v) is 5.98. The average Bonchev–Trinajstić information content (AvgIpc) is 2.70. The molecule has 0 spiro atoms. The smallest absolute Gasteiger partial charge is 0.238 e. The van der Waals surface area contributed by atoms with E-state index in [0.29, 0.717) is 17.6 Å². The zero-order valence-corrected chi connectivity index (χ0v) is 14.7. The van der Waals surface area contributed by atoms with Gasteiger partial charge in [-0.05, 0) is 36.4 Å². The number of para-hydroxylation sites is 3. The number of nitrogens with two attached hydrogens (primary N) is 1. The van der Waals surface area contributed by atoms with Crippen LogP contribution in [0.25, 0.3) is 0 Å². The third-order valence-electron chi connectivity index (χ3n) is 4.01. The molecule has 0 unspecified atom stereocenters. The van der Waals surface area contributed by atoms with Crippen LogP contribution in [0.2, 0.25) is 0 Å². The van der Waals surface area contributed by atoms with Crippen LogP contribution in [0.5, 0.6) is 0 Å². The molecular formula is C22H19N5. The summed E-state index contributed by atoms with van der Waals surface area (Å²) < 4.78 is 0. The molecule has 0 amide bonds. The van der Waals surface area contributed by atoms with E-state index in [2.05, 4.69) is 10.3 Å². The van der Waals surface area contributed by atoms with Crippen molar-refractivity contribution in [3.05, 3.63) is 97.1 Å². The first-order valence-corrected chi connectivity index (χ1v) is 8.66. The van der Waals surface area contributed by atoms with Crippen LogP contribution in [0.1, 0.15) is 0 Å². The van der Waals surface area contributed by atoms with Gasteiger partial charge < -0.3 is 11.1 Å². The molecule has 3 N–H and O–H groups in total. The molecule has 0 aliphatic heterocycles. The minimum Gasteiger partial charge on any atom is -0.383 e. The van der Waals surface area contributed by atoms with Gasteiger partial charge in [0.05, 0.1) is 0 Å². The molecule has 1 aromatic heterocycles. The molecule has 5 nitrogen and oxygen atoms in total. The van der Waals surface area contributed by atoms with Crippen LogP contribution in [-0.2, 0) is 0 Å². The molecule has 0 saturated heterocycles. The summed E-state index contributed by atoms with van der Waals surface area (Å²) in [6, 6.07) is 31.6. The SMILES string of the molecule is Nc1cc(Nc2ccccc2)nc(N(c2ccccc2)c2ccccc2)n1. The van der Waals surface area contributed by atoms with Gasteiger partial charge in [0, 0.05) is 23.1 Å². The minimum absolute atomic E-state index is 0.398. The minimum atomic E-state index is 0.398. The monoisotopic (exact) mass is 353 g/mol. The van der Waals surface area contributed by atoms with Crippen molar-refractivity contribution >= 4 is 34.6 Å². The molecule has 0 bridgehead atoms. The van der Waals surface area contributed by atoms with Crippen molar-refractivity contribution in [2.24, 2.45) is 0 Å². The molecule has 0 aliphatic rings. The zero-order valence-electron chi connectivity index (χ0n) is 14.7. The number of nitrogens with zero attached hydrogens (tertiary/aromatic N) is 3. The van der Waals surface area contributed by atoms with Gasteiger partial charge in [-0.3, -0.25) is 4.90 Å². The lowest BCUT2D eigenvalue weighted by atomic mass is 10.2. The highest BCUT2D eigenvalue weighted by atomic mass is 15.3. The Balaban J connectivity index is 1.78. The van der Waals surface area contributed by atoms with Crippen molar-refractivity contribution in [2.45, 2.75) is 0 Å². The van der Waals surface area contributed by atoms with Crippen LogP contribution in [0.3, 0.4) is 0 Å². The fourth-order valence-corrected chi connectivity index (χ4v) is 2.82. The summed E-state index contributed by atoms with van der Waals surface area (Å²) in [5.74, 6) is 1.54. The van der Waals surface area contributed by atoms with Gasteiger partial charge in [-0.2, -0.15) is 9.97 Å². The number of anilines is 6. The lowest BCUT2D eigenvalue weighted by Crippen LogP contribution is -2.14. The fraction of sp³-hybridized carbons (Fsp3) is 0. The highest BCUT2D eigenvalue weighted by molar-refractivity contribution is 5.74. The molecule has 3 aromatic carbocycles. The first-order valence-electron chi connectivity index (χ1n) is 8.66. The zero-order chi connectivity index (χ0) is 18.5. The van der Waals surface area contributed by atoms with Gasteiger partial charge in [0.15, 0.2) is 0 Å². The molecule has 0 radical (unpaired) electrons. The Morgan fingerprint density at radius 1 is 0.667 bits per heavy atom. The number of hydrogen-bond donors (Lipinski definition) is 2. The van der Waals surface area contributed by atoms with E-state index < -0.39 is 0 Å². The third-order valence-corrected chi connectivity index (χ3v) is 4.01. The second-order valence-electron chi connectivity index (χ2n) is 5.98. The van der Waals surface area contributed by atoms with Gasteiger partial charge in [0.2, 0.25) is 5.95 Å². The predicted molar refractivity (Wildman–Crippen MR) is 111 cm³/mol. The van der Waals surface area contributed by atoms with Crippen LogP contribution in [0.4, 0.5) is 34.6 Å². The molecule has 27 heavy (non-hydrogen) atoms. The molecule has 132 valence electrons. The van der Waals surface area contributed by atoms with E-state index in [-0.39, 0.29) is 0 Å². The van der Waals surface area contributed by atoms with Gasteiger partial charge in [-0.25, -0.2) is 0 Å². The maximum Gasteiger partial charge on any atom is 0.238 e. The van der Waals surface area contributed by atoms with Gasteiger partial charge in [-0.15, -0.1) is 0 Å².